The largest absolute Gasteiger partial charge is 0.383 e. The van der Waals surface area contributed by atoms with Crippen molar-refractivity contribution in [3.8, 4) is 0 Å². The van der Waals surface area contributed by atoms with Gasteiger partial charge in [-0.2, -0.15) is 0 Å². The zero-order valence-corrected chi connectivity index (χ0v) is 14.5. The maximum Gasteiger partial charge on any atom is 0.188 e. The molecule has 1 saturated heterocycles. The van der Waals surface area contributed by atoms with Crippen LogP contribution in [0.3, 0.4) is 0 Å². The van der Waals surface area contributed by atoms with Crippen LogP contribution >= 0.6 is 24.0 Å². The molecule has 5 nitrogen and oxygen atoms in total. The minimum Gasteiger partial charge on any atom is -0.383 e. The highest BCUT2D eigenvalue weighted by Crippen LogP contribution is 2.60. The van der Waals surface area contributed by atoms with Gasteiger partial charge < -0.3 is 20.5 Å². The molecule has 0 aromatic rings. The summed E-state index contributed by atoms with van der Waals surface area (Å²) in [5, 5.41) is 3.47. The van der Waals surface area contributed by atoms with Gasteiger partial charge in [-0.3, -0.25) is 4.99 Å². The number of hydrogen-bond donors (Lipinski definition) is 2. The lowest BCUT2D eigenvalue weighted by molar-refractivity contribution is -0.124. The Bertz CT molecular complexity index is 358. The van der Waals surface area contributed by atoms with Gasteiger partial charge in [-0.05, 0) is 19.3 Å². The van der Waals surface area contributed by atoms with Gasteiger partial charge in [0.25, 0.3) is 0 Å². The summed E-state index contributed by atoms with van der Waals surface area (Å²) in [6.07, 6.45) is 6.83. The van der Waals surface area contributed by atoms with Crippen LogP contribution in [0, 0.1) is 11.3 Å². The van der Waals surface area contributed by atoms with Gasteiger partial charge in [0.15, 0.2) is 5.96 Å². The smallest absolute Gasteiger partial charge is 0.188 e. The predicted molar refractivity (Wildman–Crippen MR) is 89.5 cm³/mol. The molecule has 0 radical (unpaired) electrons. The van der Waals surface area contributed by atoms with Gasteiger partial charge >= 0.3 is 0 Å². The average molecular weight is 395 g/mol. The molecular weight excluding hydrogens is 369 g/mol. The molecule has 0 bridgehead atoms. The van der Waals surface area contributed by atoms with Crippen molar-refractivity contribution < 1.29 is 9.47 Å². The van der Waals surface area contributed by atoms with E-state index in [0.717, 1.165) is 13.0 Å². The number of hydrogen-bond acceptors (Lipinski definition) is 3. The average Bonchev–Trinajstić information content (AvgIpc) is 3.04. The van der Waals surface area contributed by atoms with Crippen molar-refractivity contribution in [2.75, 3.05) is 26.9 Å². The summed E-state index contributed by atoms with van der Waals surface area (Å²) in [7, 11) is 1.68. The van der Waals surface area contributed by atoms with Crippen LogP contribution in [0.15, 0.2) is 4.99 Å². The van der Waals surface area contributed by atoms with Gasteiger partial charge in [0.05, 0.1) is 19.3 Å². The van der Waals surface area contributed by atoms with E-state index in [1.807, 2.05) is 0 Å². The van der Waals surface area contributed by atoms with E-state index >= 15 is 0 Å². The molecule has 0 amide bonds. The molecule has 116 valence electrons. The first kappa shape index (κ1) is 16.3. The van der Waals surface area contributed by atoms with Crippen molar-refractivity contribution in [2.24, 2.45) is 22.1 Å². The number of halogens is 1. The summed E-state index contributed by atoms with van der Waals surface area (Å²) in [4.78, 5) is 4.32. The van der Waals surface area contributed by atoms with Crippen molar-refractivity contribution in [2.45, 2.75) is 44.2 Å². The first-order chi connectivity index (χ1) is 9.28. The highest BCUT2D eigenvalue weighted by atomic mass is 127. The fraction of sp³-hybridized carbons (Fsp3) is 0.929. The number of nitrogens with zero attached hydrogens (tertiary/aromatic N) is 1. The fourth-order valence-electron chi connectivity index (χ4n) is 4.37. The third kappa shape index (κ3) is 2.66. The molecule has 2 aliphatic carbocycles. The standard InChI is InChI=1S/C14H25N3O2.HI/c1-18-9-7-16-13(15)17-11-10-4-8-19-12(10)14(11)5-2-3-6-14;/h10-12H,2-9H2,1H3,(H3,15,16,17);1H. The quantitative estimate of drug-likeness (QED) is 0.328. The molecule has 0 aromatic carbocycles. The minimum absolute atomic E-state index is 0. The Balaban J connectivity index is 0.00000147. The van der Waals surface area contributed by atoms with Crippen molar-refractivity contribution in [1.29, 1.82) is 0 Å². The number of nitrogens with one attached hydrogen (secondary N) is 1. The Labute approximate surface area is 138 Å². The molecule has 3 fully saturated rings. The first-order valence-corrected chi connectivity index (χ1v) is 7.45. The number of ether oxygens (including phenoxy) is 2. The molecule has 3 atom stereocenters. The Hall–Kier alpha value is -0.0800. The lowest BCUT2D eigenvalue weighted by Gasteiger charge is -2.57. The first-order valence-electron chi connectivity index (χ1n) is 7.45. The van der Waals surface area contributed by atoms with Gasteiger partial charge in [0, 0.05) is 31.1 Å². The van der Waals surface area contributed by atoms with Crippen LogP contribution in [-0.2, 0) is 9.47 Å². The molecule has 3 aliphatic rings. The lowest BCUT2D eigenvalue weighted by atomic mass is 9.54. The van der Waals surface area contributed by atoms with E-state index in [-0.39, 0.29) is 24.0 Å². The number of aliphatic imine (C=N–C) groups is 1. The van der Waals surface area contributed by atoms with E-state index in [2.05, 4.69) is 10.3 Å². The maximum absolute atomic E-state index is 6.00. The third-order valence-electron chi connectivity index (χ3n) is 5.17. The fourth-order valence-corrected chi connectivity index (χ4v) is 4.37. The van der Waals surface area contributed by atoms with Crippen molar-refractivity contribution in [3.63, 3.8) is 0 Å². The van der Waals surface area contributed by atoms with Crippen LogP contribution in [0.1, 0.15) is 32.1 Å². The molecule has 6 heteroatoms. The number of fused-ring (bicyclic) bond motifs is 2. The van der Waals surface area contributed by atoms with Gasteiger partial charge in [0.2, 0.25) is 0 Å². The van der Waals surface area contributed by atoms with Gasteiger partial charge in [-0.1, -0.05) is 12.8 Å². The molecule has 1 heterocycles. The van der Waals surface area contributed by atoms with Crippen molar-refractivity contribution >= 4 is 29.9 Å². The molecule has 3 N–H and O–H groups in total. The van der Waals surface area contributed by atoms with E-state index in [4.69, 9.17) is 15.2 Å². The number of rotatable bonds is 4. The number of methoxy groups -OCH3 is 1. The van der Waals surface area contributed by atoms with Gasteiger partial charge in [-0.25, -0.2) is 0 Å². The summed E-state index contributed by atoms with van der Waals surface area (Å²) in [6.45, 7) is 2.16. The highest BCUT2D eigenvalue weighted by Gasteiger charge is 2.64. The molecule has 1 aliphatic heterocycles. The van der Waals surface area contributed by atoms with Crippen LogP contribution in [-0.4, -0.2) is 45.0 Å². The number of nitrogens with two attached hydrogens (primary N) is 1. The Morgan fingerprint density at radius 2 is 2.20 bits per heavy atom. The molecule has 1 spiro atoms. The molecule has 0 aromatic heterocycles. The SMILES string of the molecule is COCCN=C(N)NC1C2CCOC2C12CCCC2.I. The summed E-state index contributed by atoms with van der Waals surface area (Å²) in [5.41, 5.74) is 6.34. The number of guanidine groups is 1. The van der Waals surface area contributed by atoms with Crippen molar-refractivity contribution in [1.82, 2.24) is 5.32 Å². The molecule has 2 saturated carbocycles. The van der Waals surface area contributed by atoms with Crippen LogP contribution in [0.2, 0.25) is 0 Å². The van der Waals surface area contributed by atoms with Crippen LogP contribution < -0.4 is 11.1 Å². The van der Waals surface area contributed by atoms with Gasteiger partial charge in [0.1, 0.15) is 0 Å². The van der Waals surface area contributed by atoms with Crippen LogP contribution in [0.4, 0.5) is 0 Å². The second-order valence-corrected chi connectivity index (χ2v) is 6.07. The van der Waals surface area contributed by atoms with E-state index in [1.165, 1.54) is 25.7 Å². The Morgan fingerprint density at radius 1 is 1.45 bits per heavy atom. The molecule has 3 rings (SSSR count). The van der Waals surface area contributed by atoms with E-state index in [0.29, 0.717) is 42.6 Å². The highest BCUT2D eigenvalue weighted by molar-refractivity contribution is 14.0. The van der Waals surface area contributed by atoms with Crippen LogP contribution in [0.5, 0.6) is 0 Å². The predicted octanol–water partition coefficient (Wildman–Crippen LogP) is 1.50. The molecule has 3 unspecified atom stereocenters. The Kier molecular flexibility index (Phi) is 5.53. The Morgan fingerprint density at radius 3 is 2.90 bits per heavy atom. The summed E-state index contributed by atoms with van der Waals surface area (Å²) >= 11 is 0. The van der Waals surface area contributed by atoms with Gasteiger partial charge in [-0.15, -0.1) is 24.0 Å². The second-order valence-electron chi connectivity index (χ2n) is 6.07. The van der Waals surface area contributed by atoms with E-state index < -0.39 is 0 Å². The zero-order chi connectivity index (χ0) is 13.3. The van der Waals surface area contributed by atoms with E-state index in [9.17, 15) is 0 Å². The summed E-state index contributed by atoms with van der Waals surface area (Å²) < 4.78 is 10.9. The van der Waals surface area contributed by atoms with Crippen LogP contribution in [0.25, 0.3) is 0 Å². The zero-order valence-electron chi connectivity index (χ0n) is 12.1. The third-order valence-corrected chi connectivity index (χ3v) is 5.17. The lowest BCUT2D eigenvalue weighted by Crippen LogP contribution is -2.69. The molecule has 20 heavy (non-hydrogen) atoms. The normalized spacial score (nSPS) is 34.5. The summed E-state index contributed by atoms with van der Waals surface area (Å²) in [5.74, 6) is 1.20. The minimum atomic E-state index is 0. The maximum atomic E-state index is 6.00. The summed E-state index contributed by atoms with van der Waals surface area (Å²) in [6, 6.07) is 0.466. The van der Waals surface area contributed by atoms with E-state index in [1.54, 1.807) is 7.11 Å². The molecular formula is C14H26IN3O2. The van der Waals surface area contributed by atoms with Crippen molar-refractivity contribution in [3.05, 3.63) is 0 Å². The second kappa shape index (κ2) is 6.79. The monoisotopic (exact) mass is 395 g/mol. The topological polar surface area (TPSA) is 68.9 Å².